The molecule has 1 amide bonds. The standard InChI is InChI=1S/C28H29N5O4/c1-18-29-27-16-31(10-11-33(27)30-18)14-19-4-2-5-20(12-19)17-37-26-7-3-6-22-23(26)15-32(28(22)36)24-9-8-21(34)13-25(24)35/h2-7,12,24H,8-11,13-17H2,1H3. The van der Waals surface area contributed by atoms with E-state index in [0.717, 1.165) is 49.0 Å². The number of hydrogen-bond acceptors (Lipinski definition) is 7. The van der Waals surface area contributed by atoms with E-state index in [1.54, 1.807) is 11.0 Å². The largest absolute Gasteiger partial charge is 0.489 e. The maximum absolute atomic E-state index is 13.1. The van der Waals surface area contributed by atoms with Crippen LogP contribution in [0.1, 0.15) is 58.0 Å². The van der Waals surface area contributed by atoms with E-state index in [1.165, 1.54) is 5.56 Å². The average molecular weight is 500 g/mol. The van der Waals surface area contributed by atoms with Gasteiger partial charge in [0.2, 0.25) is 0 Å². The second-order valence-electron chi connectivity index (χ2n) is 10.1. The van der Waals surface area contributed by atoms with Crippen LogP contribution in [-0.2, 0) is 42.4 Å². The fourth-order valence-electron chi connectivity index (χ4n) is 5.58. The van der Waals surface area contributed by atoms with Crippen molar-refractivity contribution in [1.82, 2.24) is 24.6 Å². The highest BCUT2D eigenvalue weighted by Gasteiger charge is 2.40. The Hall–Kier alpha value is -3.85. The molecule has 0 saturated heterocycles. The van der Waals surface area contributed by atoms with Crippen molar-refractivity contribution in [2.45, 2.75) is 65.0 Å². The van der Waals surface area contributed by atoms with Gasteiger partial charge in [0, 0.05) is 30.6 Å². The zero-order valence-corrected chi connectivity index (χ0v) is 20.9. The molecule has 190 valence electrons. The number of ether oxygens (including phenoxy) is 1. The fraction of sp³-hybridized carbons (Fsp3) is 0.393. The Bertz CT molecular complexity index is 1400. The van der Waals surface area contributed by atoms with Gasteiger partial charge in [-0.15, -0.1) is 0 Å². The lowest BCUT2D eigenvalue weighted by atomic mass is 9.92. The summed E-state index contributed by atoms with van der Waals surface area (Å²) in [5.41, 5.74) is 3.63. The van der Waals surface area contributed by atoms with Crippen LogP contribution in [0, 0.1) is 6.92 Å². The summed E-state index contributed by atoms with van der Waals surface area (Å²) < 4.78 is 8.19. The van der Waals surface area contributed by atoms with Crippen LogP contribution in [0.15, 0.2) is 42.5 Å². The molecule has 6 rings (SSSR count). The molecule has 1 unspecified atom stereocenters. The first-order chi connectivity index (χ1) is 17.9. The van der Waals surface area contributed by atoms with Gasteiger partial charge in [0.15, 0.2) is 5.78 Å². The molecular formula is C28H29N5O4. The molecular weight excluding hydrogens is 470 g/mol. The third kappa shape index (κ3) is 4.67. The van der Waals surface area contributed by atoms with E-state index in [-0.39, 0.29) is 23.9 Å². The minimum Gasteiger partial charge on any atom is -0.489 e. The molecule has 9 heteroatoms. The van der Waals surface area contributed by atoms with Crippen LogP contribution < -0.4 is 4.74 Å². The number of Topliss-reactive ketones (excluding diaryl/α,β-unsaturated/α-hetero) is 2. The van der Waals surface area contributed by atoms with Gasteiger partial charge >= 0.3 is 0 Å². The maximum Gasteiger partial charge on any atom is 0.255 e. The molecule has 3 heterocycles. The summed E-state index contributed by atoms with van der Waals surface area (Å²) in [6.45, 7) is 6.00. The Kier molecular flexibility index (Phi) is 6.08. The Morgan fingerprint density at radius 3 is 2.73 bits per heavy atom. The molecule has 0 spiro atoms. The quantitative estimate of drug-likeness (QED) is 0.481. The van der Waals surface area contributed by atoms with Crippen molar-refractivity contribution in [3.63, 3.8) is 0 Å². The number of aromatic nitrogens is 3. The molecule has 1 saturated carbocycles. The van der Waals surface area contributed by atoms with E-state index in [9.17, 15) is 14.4 Å². The summed E-state index contributed by atoms with van der Waals surface area (Å²) in [7, 11) is 0. The number of rotatable bonds is 6. The number of nitrogens with zero attached hydrogens (tertiary/aromatic N) is 5. The highest BCUT2D eigenvalue weighted by atomic mass is 16.5. The van der Waals surface area contributed by atoms with Crippen LogP contribution >= 0.6 is 0 Å². The van der Waals surface area contributed by atoms with Gasteiger partial charge in [-0.05, 0) is 36.6 Å². The zero-order chi connectivity index (χ0) is 25.5. The van der Waals surface area contributed by atoms with Gasteiger partial charge < -0.3 is 9.64 Å². The molecule has 0 radical (unpaired) electrons. The first kappa shape index (κ1) is 23.5. The van der Waals surface area contributed by atoms with Gasteiger partial charge in [-0.3, -0.25) is 19.3 Å². The van der Waals surface area contributed by atoms with Crippen LogP contribution in [0.4, 0.5) is 0 Å². The van der Waals surface area contributed by atoms with Crippen LogP contribution in [-0.4, -0.2) is 54.6 Å². The van der Waals surface area contributed by atoms with Crippen molar-refractivity contribution in [1.29, 1.82) is 0 Å². The number of carbonyl (C=O) groups is 3. The number of carbonyl (C=O) groups excluding carboxylic acids is 3. The second-order valence-corrected chi connectivity index (χ2v) is 10.1. The molecule has 2 aliphatic heterocycles. The van der Waals surface area contributed by atoms with E-state index in [4.69, 9.17) is 4.74 Å². The average Bonchev–Trinajstić information content (AvgIpc) is 3.42. The lowest BCUT2D eigenvalue weighted by Gasteiger charge is -2.29. The monoisotopic (exact) mass is 499 g/mol. The predicted octanol–water partition coefficient (Wildman–Crippen LogP) is 2.83. The summed E-state index contributed by atoms with van der Waals surface area (Å²) in [6, 6.07) is 13.3. The number of hydrogen-bond donors (Lipinski definition) is 0. The first-order valence-corrected chi connectivity index (χ1v) is 12.7. The van der Waals surface area contributed by atoms with Gasteiger partial charge in [0.05, 0.1) is 32.1 Å². The Labute approximate surface area is 215 Å². The third-order valence-electron chi connectivity index (χ3n) is 7.41. The molecule has 37 heavy (non-hydrogen) atoms. The minimum atomic E-state index is -0.533. The highest BCUT2D eigenvalue weighted by Crippen LogP contribution is 2.34. The molecule has 1 atom stereocenters. The summed E-state index contributed by atoms with van der Waals surface area (Å²) in [5, 5.41) is 4.44. The number of benzene rings is 2. The summed E-state index contributed by atoms with van der Waals surface area (Å²) in [5.74, 6) is 2.10. The highest BCUT2D eigenvalue weighted by molar-refractivity contribution is 6.07. The fourth-order valence-corrected chi connectivity index (χ4v) is 5.58. The van der Waals surface area contributed by atoms with Crippen molar-refractivity contribution >= 4 is 17.5 Å². The number of fused-ring (bicyclic) bond motifs is 2. The van der Waals surface area contributed by atoms with Crippen molar-refractivity contribution in [3.8, 4) is 5.75 Å². The van der Waals surface area contributed by atoms with Crippen molar-refractivity contribution in [2.24, 2.45) is 0 Å². The van der Waals surface area contributed by atoms with Crippen LogP contribution in [0.25, 0.3) is 0 Å². The molecule has 0 bridgehead atoms. The summed E-state index contributed by atoms with van der Waals surface area (Å²) in [4.78, 5) is 45.7. The third-order valence-corrected chi connectivity index (χ3v) is 7.41. The molecule has 3 aliphatic rings. The summed E-state index contributed by atoms with van der Waals surface area (Å²) >= 11 is 0. The van der Waals surface area contributed by atoms with E-state index < -0.39 is 6.04 Å². The van der Waals surface area contributed by atoms with Crippen LogP contribution in [0.2, 0.25) is 0 Å². The SMILES string of the molecule is Cc1nc2n(n1)CCN(Cc1cccc(COc3cccc4c3CN(C3CCC(=O)CC3=O)C4=O)c1)C2. The Balaban J connectivity index is 1.12. The first-order valence-electron chi connectivity index (χ1n) is 12.7. The van der Waals surface area contributed by atoms with E-state index in [1.807, 2.05) is 35.9 Å². The molecule has 9 nitrogen and oxygen atoms in total. The maximum atomic E-state index is 13.1. The number of ketones is 2. The Morgan fingerprint density at radius 1 is 1.03 bits per heavy atom. The molecule has 1 aromatic heterocycles. The van der Waals surface area contributed by atoms with Crippen molar-refractivity contribution in [2.75, 3.05) is 6.54 Å². The zero-order valence-electron chi connectivity index (χ0n) is 20.9. The lowest BCUT2D eigenvalue weighted by Crippen LogP contribution is -2.44. The number of aryl methyl sites for hydroxylation is 1. The molecule has 1 aliphatic carbocycles. The van der Waals surface area contributed by atoms with Gasteiger partial charge in [0.25, 0.3) is 5.91 Å². The summed E-state index contributed by atoms with van der Waals surface area (Å²) in [6.07, 6.45) is 0.657. The van der Waals surface area contributed by atoms with E-state index in [2.05, 4.69) is 27.1 Å². The number of amides is 1. The molecule has 3 aromatic rings. The van der Waals surface area contributed by atoms with E-state index in [0.29, 0.717) is 37.3 Å². The van der Waals surface area contributed by atoms with Crippen LogP contribution in [0.3, 0.4) is 0 Å². The minimum absolute atomic E-state index is 0.0460. The second kappa shape index (κ2) is 9.55. The van der Waals surface area contributed by atoms with E-state index >= 15 is 0 Å². The molecule has 1 fully saturated rings. The molecule has 0 N–H and O–H groups in total. The predicted molar refractivity (Wildman–Crippen MR) is 134 cm³/mol. The lowest BCUT2D eigenvalue weighted by molar-refractivity contribution is -0.133. The van der Waals surface area contributed by atoms with Gasteiger partial charge in [0.1, 0.15) is 29.8 Å². The van der Waals surface area contributed by atoms with Gasteiger partial charge in [-0.1, -0.05) is 30.3 Å². The Morgan fingerprint density at radius 2 is 1.86 bits per heavy atom. The van der Waals surface area contributed by atoms with Gasteiger partial charge in [-0.2, -0.15) is 5.10 Å². The smallest absolute Gasteiger partial charge is 0.255 e. The van der Waals surface area contributed by atoms with Crippen molar-refractivity contribution < 1.29 is 19.1 Å². The normalized spacial score (nSPS) is 19.8. The van der Waals surface area contributed by atoms with Crippen LogP contribution in [0.5, 0.6) is 5.75 Å². The topological polar surface area (TPSA) is 97.6 Å². The van der Waals surface area contributed by atoms with Gasteiger partial charge in [-0.25, -0.2) is 9.67 Å². The molecule has 2 aromatic carbocycles. The van der Waals surface area contributed by atoms with Crippen molar-refractivity contribution in [3.05, 3.63) is 76.4 Å².